The van der Waals surface area contributed by atoms with Crippen LogP contribution >= 0.6 is 11.6 Å². The highest BCUT2D eigenvalue weighted by atomic mass is 35.5. The molecule has 36 heavy (non-hydrogen) atoms. The van der Waals surface area contributed by atoms with Gasteiger partial charge in [0.15, 0.2) is 17.2 Å². The first-order valence-electron chi connectivity index (χ1n) is 13.7. The van der Waals surface area contributed by atoms with Gasteiger partial charge in [-0.3, -0.25) is 9.59 Å². The number of carbonyl (C=O) groups is 2. The van der Waals surface area contributed by atoms with Crippen molar-refractivity contribution >= 4 is 23.2 Å². The minimum absolute atomic E-state index is 0.0425. The molecule has 0 bridgehead atoms. The molecule has 6 unspecified atom stereocenters. The van der Waals surface area contributed by atoms with Gasteiger partial charge in [-0.15, -0.1) is 11.6 Å². The van der Waals surface area contributed by atoms with Crippen LogP contribution in [-0.2, 0) is 28.5 Å². The highest BCUT2D eigenvalue weighted by molar-refractivity contribution is 6.22. The Morgan fingerprint density at radius 3 is 2.42 bits per heavy atom. The first-order chi connectivity index (χ1) is 17.2. The van der Waals surface area contributed by atoms with Crippen molar-refractivity contribution in [3.05, 3.63) is 11.3 Å². The van der Waals surface area contributed by atoms with Crippen molar-refractivity contribution in [3.63, 3.8) is 0 Å². The van der Waals surface area contributed by atoms with Crippen LogP contribution in [0.3, 0.4) is 0 Å². The summed E-state index contributed by atoms with van der Waals surface area (Å²) in [5.41, 5.74) is -1.09. The molecule has 2 heterocycles. The molecule has 5 aliphatic rings. The molecule has 8 atom stereocenters. The summed E-state index contributed by atoms with van der Waals surface area (Å²) in [6.07, 6.45) is 6.80. The zero-order valence-electron chi connectivity index (χ0n) is 22.4. The molecule has 7 nitrogen and oxygen atoms in total. The van der Waals surface area contributed by atoms with Crippen LogP contribution in [-0.4, -0.2) is 86.2 Å². The maximum absolute atomic E-state index is 14.4. The number of nitrogens with zero attached hydrogens (tertiary/aromatic N) is 1. The number of carbonyl (C=O) groups excluding carboxylic acids is 2. The van der Waals surface area contributed by atoms with Crippen LogP contribution in [0.25, 0.3) is 0 Å². The molecular weight excluding hydrogens is 482 g/mol. The van der Waals surface area contributed by atoms with Gasteiger partial charge in [0.1, 0.15) is 11.4 Å². The lowest BCUT2D eigenvalue weighted by Crippen LogP contribution is -2.52. The Bertz CT molecular complexity index is 916. The second kappa shape index (κ2) is 9.96. The molecule has 1 saturated heterocycles. The highest BCUT2D eigenvalue weighted by Crippen LogP contribution is 2.58. The first-order valence-corrected chi connectivity index (χ1v) is 14.1. The zero-order valence-corrected chi connectivity index (χ0v) is 23.1. The van der Waals surface area contributed by atoms with Gasteiger partial charge in [0.05, 0.1) is 29.6 Å². The summed E-state index contributed by atoms with van der Waals surface area (Å²) in [5.74, 6) is 0.0591. The first kappa shape index (κ1) is 26.6. The van der Waals surface area contributed by atoms with E-state index in [1.807, 2.05) is 6.92 Å². The van der Waals surface area contributed by atoms with E-state index < -0.39 is 28.6 Å². The van der Waals surface area contributed by atoms with E-state index in [9.17, 15) is 9.59 Å². The van der Waals surface area contributed by atoms with Gasteiger partial charge in [0.25, 0.3) is 0 Å². The summed E-state index contributed by atoms with van der Waals surface area (Å²) < 4.78 is 25.2. The third-order valence-electron chi connectivity index (χ3n) is 9.73. The number of halogens is 1. The average molecular weight is 524 g/mol. The Balaban J connectivity index is 1.55. The lowest BCUT2D eigenvalue weighted by molar-refractivity contribution is -0.154. The van der Waals surface area contributed by atoms with Crippen molar-refractivity contribution in [3.8, 4) is 0 Å². The summed E-state index contributed by atoms with van der Waals surface area (Å²) in [6, 6.07) is 0. The normalized spacial score (nSPS) is 43.3. The largest absolute Gasteiger partial charge is 0.487 e. The fourth-order valence-corrected chi connectivity index (χ4v) is 8.10. The van der Waals surface area contributed by atoms with Gasteiger partial charge >= 0.3 is 0 Å². The lowest BCUT2D eigenvalue weighted by Gasteiger charge is -2.43. The molecular formula is C28H42ClNO6. The second-order valence-corrected chi connectivity index (χ2v) is 12.5. The molecule has 1 spiro atoms. The molecule has 0 aromatic rings. The molecule has 0 aromatic carbocycles. The fraction of sp³-hybridized carbons (Fsp3) is 0.857. The van der Waals surface area contributed by atoms with E-state index in [0.717, 1.165) is 25.8 Å². The number of ketones is 2. The van der Waals surface area contributed by atoms with Gasteiger partial charge in [0, 0.05) is 57.9 Å². The Morgan fingerprint density at radius 1 is 1.08 bits per heavy atom. The average Bonchev–Trinajstić information content (AvgIpc) is 3.42. The highest BCUT2D eigenvalue weighted by Gasteiger charge is 2.70. The van der Waals surface area contributed by atoms with Crippen molar-refractivity contribution < 1.29 is 28.5 Å². The Kier molecular flexibility index (Phi) is 7.36. The summed E-state index contributed by atoms with van der Waals surface area (Å²) in [4.78, 5) is 30.0. The van der Waals surface area contributed by atoms with E-state index in [2.05, 4.69) is 19.0 Å². The van der Waals surface area contributed by atoms with Gasteiger partial charge in [0.2, 0.25) is 0 Å². The van der Waals surface area contributed by atoms with Crippen molar-refractivity contribution in [2.75, 3.05) is 34.9 Å². The smallest absolute Gasteiger partial charge is 0.187 e. The molecule has 5 rings (SSSR count). The molecule has 2 saturated carbocycles. The van der Waals surface area contributed by atoms with Crippen molar-refractivity contribution in [1.29, 1.82) is 0 Å². The number of hydrogen-bond acceptors (Lipinski definition) is 7. The molecule has 2 aliphatic heterocycles. The van der Waals surface area contributed by atoms with Crippen LogP contribution in [0.5, 0.6) is 0 Å². The molecule has 0 N–H and O–H groups in total. The third kappa shape index (κ3) is 4.00. The molecule has 3 fully saturated rings. The van der Waals surface area contributed by atoms with Gasteiger partial charge in [-0.25, -0.2) is 0 Å². The van der Waals surface area contributed by atoms with Crippen LogP contribution in [0.15, 0.2) is 11.3 Å². The predicted octanol–water partition coefficient (Wildman–Crippen LogP) is 3.90. The monoisotopic (exact) mass is 523 g/mol. The summed E-state index contributed by atoms with van der Waals surface area (Å²) in [7, 11) is 7.39. The van der Waals surface area contributed by atoms with Gasteiger partial charge in [-0.1, -0.05) is 26.2 Å². The molecule has 202 valence electrons. The molecule has 0 amide bonds. The van der Waals surface area contributed by atoms with Crippen LogP contribution in [0, 0.1) is 17.8 Å². The number of rotatable bonds is 6. The Labute approximate surface area is 220 Å². The van der Waals surface area contributed by atoms with E-state index in [-0.39, 0.29) is 36.1 Å². The number of hydrogen-bond donors (Lipinski definition) is 0. The van der Waals surface area contributed by atoms with Crippen LogP contribution in [0.4, 0.5) is 0 Å². The van der Waals surface area contributed by atoms with Crippen LogP contribution < -0.4 is 0 Å². The number of Topliss-reactive ketones (excluding diaryl/α,β-unsaturated/α-hetero) is 2. The van der Waals surface area contributed by atoms with Crippen molar-refractivity contribution in [1.82, 2.24) is 4.90 Å². The van der Waals surface area contributed by atoms with E-state index in [1.165, 1.54) is 19.3 Å². The number of alkyl halides is 1. The van der Waals surface area contributed by atoms with Crippen LogP contribution in [0.1, 0.15) is 64.7 Å². The molecule has 0 aromatic heterocycles. The predicted molar refractivity (Wildman–Crippen MR) is 136 cm³/mol. The van der Waals surface area contributed by atoms with E-state index in [0.29, 0.717) is 30.1 Å². The van der Waals surface area contributed by atoms with Crippen molar-refractivity contribution in [2.24, 2.45) is 17.8 Å². The lowest BCUT2D eigenvalue weighted by atomic mass is 9.68. The quantitative estimate of drug-likeness (QED) is 0.489. The summed E-state index contributed by atoms with van der Waals surface area (Å²) >= 11 is 6.87. The topological polar surface area (TPSA) is 74.3 Å². The number of fused-ring (bicyclic) bond motifs is 2. The molecule has 3 aliphatic carbocycles. The van der Waals surface area contributed by atoms with Gasteiger partial charge < -0.3 is 23.8 Å². The number of ether oxygens (including phenoxy) is 4. The third-order valence-corrected chi connectivity index (χ3v) is 10.3. The Morgan fingerprint density at radius 2 is 1.78 bits per heavy atom. The maximum Gasteiger partial charge on any atom is 0.187 e. The van der Waals surface area contributed by atoms with E-state index in [4.69, 9.17) is 30.5 Å². The zero-order chi connectivity index (χ0) is 25.8. The fourth-order valence-electron chi connectivity index (χ4n) is 7.68. The Hall–Kier alpha value is -0.990. The SMILES string of the molecule is COC1CC(OC)C2C(=O)[C@@]3(OC2C1Cl)C1=C(CC(CCN(C)C)(C2CCCCC2)O1)C(=O)C[C@H]3C. The van der Waals surface area contributed by atoms with Gasteiger partial charge in [-0.2, -0.15) is 0 Å². The minimum Gasteiger partial charge on any atom is -0.487 e. The van der Waals surface area contributed by atoms with Crippen LogP contribution in [0.2, 0.25) is 0 Å². The molecule has 0 radical (unpaired) electrons. The second-order valence-electron chi connectivity index (χ2n) is 12.0. The summed E-state index contributed by atoms with van der Waals surface area (Å²) in [6.45, 7) is 2.80. The standard InChI is InChI=1S/C28H42ClNO6/c1-16-13-19(31)18-15-27(11-12-30(2)3,17-9-7-6-8-10-17)36-26(18)28(16)25(32)22-20(33-4)14-21(34-5)23(29)24(22)35-28/h16-17,20-24H,6-15H2,1-5H3/t16-,20?,21?,22?,23?,24?,27?,28-/m1/s1. The minimum atomic E-state index is -1.29. The van der Waals surface area contributed by atoms with Gasteiger partial charge in [-0.05, 0) is 32.9 Å². The van der Waals surface area contributed by atoms with Crippen molar-refractivity contribution in [2.45, 2.75) is 99.6 Å². The summed E-state index contributed by atoms with van der Waals surface area (Å²) in [5, 5.41) is -0.484. The number of methoxy groups -OCH3 is 2. The molecule has 8 heteroatoms. The maximum atomic E-state index is 14.4. The van der Waals surface area contributed by atoms with E-state index >= 15 is 0 Å². The van der Waals surface area contributed by atoms with E-state index in [1.54, 1.807) is 14.2 Å².